The maximum absolute atomic E-state index is 12.7. The Bertz CT molecular complexity index is 922. The van der Waals surface area contributed by atoms with Crippen molar-refractivity contribution >= 4 is 0 Å². The number of fused-ring (bicyclic) bond motifs is 1. The van der Waals surface area contributed by atoms with Gasteiger partial charge in [0, 0.05) is 31.4 Å². The molecule has 3 aromatic rings. The van der Waals surface area contributed by atoms with Crippen molar-refractivity contribution in [2.24, 2.45) is 0 Å². The molecule has 0 saturated carbocycles. The zero-order valence-electron chi connectivity index (χ0n) is 14.6. The van der Waals surface area contributed by atoms with Gasteiger partial charge in [-0.3, -0.25) is 4.90 Å². The van der Waals surface area contributed by atoms with Crippen molar-refractivity contribution in [3.8, 4) is 11.4 Å². The fourth-order valence-electron chi connectivity index (χ4n) is 3.28. The second kappa shape index (κ2) is 7.12. The Kier molecular flexibility index (Phi) is 4.66. The molecule has 3 nitrogen and oxygen atoms in total. The third-order valence-electron chi connectivity index (χ3n) is 4.74. The van der Waals surface area contributed by atoms with E-state index in [-0.39, 0.29) is 0 Å². The molecule has 0 unspecified atom stereocenters. The van der Waals surface area contributed by atoms with Crippen LogP contribution in [0.25, 0.3) is 11.4 Å². The molecule has 0 radical (unpaired) electrons. The molecule has 0 saturated heterocycles. The normalized spacial score (nSPS) is 14.8. The smallest absolute Gasteiger partial charge is 0.293 e. The van der Waals surface area contributed by atoms with E-state index in [1.807, 2.05) is 18.2 Å². The minimum atomic E-state index is -4.34. The largest absolute Gasteiger partial charge is 0.416 e. The number of rotatable bonds is 3. The SMILES string of the molecule is FC(F)(F)c1ccc(-c2ncc3c(n2)CN(Cc2ccccc2)CC3)cc1. The number of benzene rings is 2. The van der Waals surface area contributed by atoms with Crippen molar-refractivity contribution in [2.45, 2.75) is 25.7 Å². The van der Waals surface area contributed by atoms with Crippen molar-refractivity contribution in [3.05, 3.63) is 83.2 Å². The van der Waals surface area contributed by atoms with Crippen LogP contribution in [0.3, 0.4) is 0 Å². The molecule has 0 N–H and O–H groups in total. The summed E-state index contributed by atoms with van der Waals surface area (Å²) in [6.07, 6.45) is -1.67. The highest BCUT2D eigenvalue weighted by molar-refractivity contribution is 5.56. The lowest BCUT2D eigenvalue weighted by atomic mass is 10.0. The van der Waals surface area contributed by atoms with Gasteiger partial charge in [0.25, 0.3) is 0 Å². The van der Waals surface area contributed by atoms with E-state index >= 15 is 0 Å². The lowest BCUT2D eigenvalue weighted by Crippen LogP contribution is -2.31. The third-order valence-corrected chi connectivity index (χ3v) is 4.74. The molecular formula is C21H18F3N3. The number of hydrogen-bond acceptors (Lipinski definition) is 3. The van der Waals surface area contributed by atoms with E-state index < -0.39 is 11.7 Å². The van der Waals surface area contributed by atoms with Crippen LogP contribution < -0.4 is 0 Å². The van der Waals surface area contributed by atoms with E-state index in [9.17, 15) is 13.2 Å². The first kappa shape index (κ1) is 17.7. The highest BCUT2D eigenvalue weighted by Crippen LogP contribution is 2.30. The second-order valence-electron chi connectivity index (χ2n) is 6.69. The molecule has 0 fully saturated rings. The molecule has 4 rings (SSSR count). The van der Waals surface area contributed by atoms with Crippen LogP contribution in [0.5, 0.6) is 0 Å². The van der Waals surface area contributed by atoms with Crippen molar-refractivity contribution in [3.63, 3.8) is 0 Å². The minimum absolute atomic E-state index is 0.462. The highest BCUT2D eigenvalue weighted by Gasteiger charge is 2.30. The van der Waals surface area contributed by atoms with Gasteiger partial charge in [-0.15, -0.1) is 0 Å². The Morgan fingerprint density at radius 1 is 0.963 bits per heavy atom. The van der Waals surface area contributed by atoms with Crippen LogP contribution in [0.4, 0.5) is 13.2 Å². The van der Waals surface area contributed by atoms with Crippen LogP contribution in [-0.4, -0.2) is 21.4 Å². The van der Waals surface area contributed by atoms with Gasteiger partial charge in [0.2, 0.25) is 0 Å². The maximum Gasteiger partial charge on any atom is 0.416 e. The summed E-state index contributed by atoms with van der Waals surface area (Å²) in [6.45, 7) is 2.49. The van der Waals surface area contributed by atoms with Gasteiger partial charge in [0.05, 0.1) is 11.3 Å². The van der Waals surface area contributed by atoms with Crippen molar-refractivity contribution < 1.29 is 13.2 Å². The fourth-order valence-corrected chi connectivity index (χ4v) is 3.28. The summed E-state index contributed by atoms with van der Waals surface area (Å²) in [4.78, 5) is 11.3. The standard InChI is InChI=1S/C21H18F3N3/c22-21(23,24)18-8-6-16(7-9-18)20-25-12-17-10-11-27(14-19(17)26-20)13-15-4-2-1-3-5-15/h1-9,12H,10-11,13-14H2. The van der Waals surface area contributed by atoms with Gasteiger partial charge < -0.3 is 0 Å². The van der Waals surface area contributed by atoms with Gasteiger partial charge in [-0.05, 0) is 29.7 Å². The Labute approximate surface area is 155 Å². The van der Waals surface area contributed by atoms with Crippen molar-refractivity contribution in [1.82, 2.24) is 14.9 Å². The topological polar surface area (TPSA) is 29.0 Å². The molecule has 27 heavy (non-hydrogen) atoms. The van der Waals surface area contributed by atoms with Gasteiger partial charge in [-0.25, -0.2) is 9.97 Å². The van der Waals surface area contributed by atoms with Crippen LogP contribution in [0.1, 0.15) is 22.4 Å². The molecule has 0 bridgehead atoms. The fraction of sp³-hybridized carbons (Fsp3) is 0.238. The van der Waals surface area contributed by atoms with E-state index in [1.54, 1.807) is 6.20 Å². The summed E-state index contributed by atoms with van der Waals surface area (Å²) in [5.41, 5.74) is 3.22. The van der Waals surface area contributed by atoms with Gasteiger partial charge in [-0.2, -0.15) is 13.2 Å². The van der Waals surface area contributed by atoms with Crippen LogP contribution in [0, 0.1) is 0 Å². The first-order valence-corrected chi connectivity index (χ1v) is 8.78. The van der Waals surface area contributed by atoms with E-state index in [1.165, 1.54) is 17.7 Å². The second-order valence-corrected chi connectivity index (χ2v) is 6.69. The van der Waals surface area contributed by atoms with Gasteiger partial charge >= 0.3 is 6.18 Å². The lowest BCUT2D eigenvalue weighted by molar-refractivity contribution is -0.137. The van der Waals surface area contributed by atoms with E-state index in [4.69, 9.17) is 0 Å². The van der Waals surface area contributed by atoms with E-state index in [0.717, 1.165) is 42.9 Å². The van der Waals surface area contributed by atoms with Crippen LogP contribution >= 0.6 is 0 Å². The summed E-state index contributed by atoms with van der Waals surface area (Å²) in [5, 5.41) is 0. The first-order chi connectivity index (χ1) is 13.0. The zero-order chi connectivity index (χ0) is 18.9. The van der Waals surface area contributed by atoms with Crippen molar-refractivity contribution in [2.75, 3.05) is 6.54 Å². The zero-order valence-corrected chi connectivity index (χ0v) is 14.6. The molecule has 138 valence electrons. The van der Waals surface area contributed by atoms with Gasteiger partial charge in [0.1, 0.15) is 0 Å². The minimum Gasteiger partial charge on any atom is -0.293 e. The Morgan fingerprint density at radius 3 is 2.41 bits per heavy atom. The average Bonchev–Trinajstić information content (AvgIpc) is 2.68. The monoisotopic (exact) mass is 369 g/mol. The molecule has 1 aliphatic rings. The van der Waals surface area contributed by atoms with Crippen LogP contribution in [0.15, 0.2) is 60.8 Å². The quantitative estimate of drug-likeness (QED) is 0.669. The van der Waals surface area contributed by atoms with Gasteiger partial charge in [0.15, 0.2) is 5.82 Å². The highest BCUT2D eigenvalue weighted by atomic mass is 19.4. The lowest BCUT2D eigenvalue weighted by Gasteiger charge is -2.28. The summed E-state index contributed by atoms with van der Waals surface area (Å²) in [5.74, 6) is 0.462. The maximum atomic E-state index is 12.7. The number of alkyl halides is 3. The molecule has 0 amide bonds. The molecule has 0 spiro atoms. The van der Waals surface area contributed by atoms with Crippen LogP contribution in [-0.2, 0) is 25.7 Å². The molecule has 0 aliphatic carbocycles. The Morgan fingerprint density at radius 2 is 1.70 bits per heavy atom. The Balaban J connectivity index is 1.54. The molecule has 0 atom stereocenters. The average molecular weight is 369 g/mol. The first-order valence-electron chi connectivity index (χ1n) is 8.78. The third kappa shape index (κ3) is 4.01. The van der Waals surface area contributed by atoms with Gasteiger partial charge in [-0.1, -0.05) is 42.5 Å². The summed E-state index contributed by atoms with van der Waals surface area (Å²) in [7, 11) is 0. The van der Waals surface area contributed by atoms with Crippen LogP contribution in [0.2, 0.25) is 0 Å². The number of aromatic nitrogens is 2. The van der Waals surface area contributed by atoms with Crippen molar-refractivity contribution in [1.29, 1.82) is 0 Å². The summed E-state index contributed by atoms with van der Waals surface area (Å²) >= 11 is 0. The number of nitrogens with zero attached hydrogens (tertiary/aromatic N) is 3. The number of hydrogen-bond donors (Lipinski definition) is 0. The molecule has 6 heteroatoms. The summed E-state index contributed by atoms with van der Waals surface area (Å²) < 4.78 is 38.2. The van der Waals surface area contributed by atoms with E-state index in [0.29, 0.717) is 17.9 Å². The number of halogens is 3. The molecule has 1 aliphatic heterocycles. The predicted octanol–water partition coefficient (Wildman–Crippen LogP) is 4.72. The predicted molar refractivity (Wildman–Crippen MR) is 96.7 cm³/mol. The molecular weight excluding hydrogens is 351 g/mol. The molecule has 2 heterocycles. The molecule has 1 aromatic heterocycles. The Hall–Kier alpha value is -2.73. The van der Waals surface area contributed by atoms with E-state index in [2.05, 4.69) is 27.0 Å². The summed E-state index contributed by atoms with van der Waals surface area (Å²) in [6, 6.07) is 15.2. The molecule has 2 aromatic carbocycles.